The van der Waals surface area contributed by atoms with Crippen LogP contribution in [0.5, 0.6) is 0 Å². The number of amides is 2. The number of halogens is 3. The Morgan fingerprint density at radius 2 is 2.10 bits per heavy atom. The van der Waals surface area contributed by atoms with Gasteiger partial charge in [0.1, 0.15) is 10.6 Å². The molecule has 1 unspecified atom stereocenters. The van der Waals surface area contributed by atoms with Gasteiger partial charge in [0.15, 0.2) is 0 Å². The predicted octanol–water partition coefficient (Wildman–Crippen LogP) is 2.30. The number of aryl methyl sites for hydroxylation is 1. The molecule has 0 bridgehead atoms. The summed E-state index contributed by atoms with van der Waals surface area (Å²) < 4.78 is 67.9. The Labute approximate surface area is 178 Å². The summed E-state index contributed by atoms with van der Waals surface area (Å²) in [6, 6.07) is 1.82. The molecule has 31 heavy (non-hydrogen) atoms. The van der Waals surface area contributed by atoms with Crippen LogP contribution in [0.25, 0.3) is 11.4 Å². The average molecular weight is 462 g/mol. The van der Waals surface area contributed by atoms with Crippen LogP contribution in [0.15, 0.2) is 23.4 Å². The van der Waals surface area contributed by atoms with Gasteiger partial charge in [-0.1, -0.05) is 13.3 Å². The van der Waals surface area contributed by atoms with E-state index in [1.165, 1.54) is 23.5 Å². The Morgan fingerprint density at radius 1 is 1.35 bits per heavy atom. The number of unbranched alkanes of at least 4 members (excludes halogenated alkanes) is 1. The fraction of sp³-hybridized carbons (Fsp3) is 0.556. The number of rotatable bonds is 7. The van der Waals surface area contributed by atoms with Crippen molar-refractivity contribution in [1.29, 1.82) is 0 Å². The predicted molar refractivity (Wildman–Crippen MR) is 107 cm³/mol. The fourth-order valence-electron chi connectivity index (χ4n) is 3.45. The standard InChI is InChI=1S/C18H25F3N6O3S/c1-3-4-8-22-17(28)24-12-7-9-27(11-12)31(29,30)15-6-5-14(25-15)16-13(18(19,20)21)10-23-26(16)2/h5-6,10,12,25H,3-4,7-9,11H2,1-2H3,(H2,22,24,28). The molecule has 2 aromatic rings. The van der Waals surface area contributed by atoms with Gasteiger partial charge in [0, 0.05) is 32.7 Å². The lowest BCUT2D eigenvalue weighted by molar-refractivity contribution is -0.137. The molecule has 0 saturated carbocycles. The van der Waals surface area contributed by atoms with E-state index in [-0.39, 0.29) is 41.6 Å². The lowest BCUT2D eigenvalue weighted by atomic mass is 10.2. The van der Waals surface area contributed by atoms with Crippen molar-refractivity contribution in [2.75, 3.05) is 19.6 Å². The Bertz CT molecular complexity index is 1030. The summed E-state index contributed by atoms with van der Waals surface area (Å²) in [7, 11) is -2.62. The van der Waals surface area contributed by atoms with Crippen molar-refractivity contribution in [1.82, 2.24) is 29.7 Å². The number of sulfonamides is 1. The lowest BCUT2D eigenvalue weighted by Crippen LogP contribution is -2.44. The van der Waals surface area contributed by atoms with Gasteiger partial charge in [-0.15, -0.1) is 0 Å². The van der Waals surface area contributed by atoms with Crippen LogP contribution < -0.4 is 10.6 Å². The molecule has 0 aliphatic carbocycles. The van der Waals surface area contributed by atoms with Crippen LogP contribution in [0.1, 0.15) is 31.7 Å². The molecule has 0 spiro atoms. The highest BCUT2D eigenvalue weighted by Gasteiger charge is 2.38. The molecule has 1 aliphatic rings. The molecule has 1 aliphatic heterocycles. The SMILES string of the molecule is CCCCNC(=O)NC1CCN(S(=O)(=O)c2ccc(-c3c(C(F)(F)F)cnn3C)[nH]2)C1. The second-order valence-electron chi connectivity index (χ2n) is 7.37. The lowest BCUT2D eigenvalue weighted by Gasteiger charge is -2.16. The van der Waals surface area contributed by atoms with Gasteiger partial charge in [0.25, 0.3) is 10.0 Å². The summed E-state index contributed by atoms with van der Waals surface area (Å²) in [5.74, 6) is 0. The minimum absolute atomic E-state index is 0.00456. The van der Waals surface area contributed by atoms with Crippen molar-refractivity contribution in [2.24, 2.45) is 7.05 Å². The van der Waals surface area contributed by atoms with Crippen molar-refractivity contribution >= 4 is 16.1 Å². The maximum absolute atomic E-state index is 13.2. The Hall–Kier alpha value is -2.54. The van der Waals surface area contributed by atoms with E-state index < -0.39 is 21.8 Å². The third-order valence-electron chi connectivity index (χ3n) is 5.08. The first-order valence-corrected chi connectivity index (χ1v) is 11.3. The van der Waals surface area contributed by atoms with Crippen LogP contribution >= 0.6 is 0 Å². The Balaban J connectivity index is 1.72. The molecule has 9 nitrogen and oxygen atoms in total. The van der Waals surface area contributed by atoms with E-state index in [1.807, 2.05) is 6.92 Å². The topological polar surface area (TPSA) is 112 Å². The van der Waals surface area contributed by atoms with E-state index in [2.05, 4.69) is 20.7 Å². The van der Waals surface area contributed by atoms with Gasteiger partial charge in [0.2, 0.25) is 0 Å². The van der Waals surface area contributed by atoms with E-state index in [9.17, 15) is 26.4 Å². The molecule has 3 heterocycles. The van der Waals surface area contributed by atoms with E-state index in [4.69, 9.17) is 0 Å². The van der Waals surface area contributed by atoms with Gasteiger partial charge < -0.3 is 15.6 Å². The number of alkyl halides is 3. The maximum Gasteiger partial charge on any atom is 0.420 e. The fourth-order valence-corrected chi connectivity index (χ4v) is 4.93. The number of carbonyl (C=O) groups excluding carboxylic acids is 1. The first kappa shape index (κ1) is 23.1. The molecule has 172 valence electrons. The second-order valence-corrected chi connectivity index (χ2v) is 9.27. The van der Waals surface area contributed by atoms with Crippen LogP contribution in [-0.2, 0) is 23.2 Å². The third kappa shape index (κ3) is 5.03. The number of nitrogens with zero attached hydrogens (tertiary/aromatic N) is 3. The van der Waals surface area contributed by atoms with Crippen molar-refractivity contribution in [2.45, 2.75) is 43.4 Å². The first-order valence-electron chi connectivity index (χ1n) is 9.87. The van der Waals surface area contributed by atoms with Crippen LogP contribution in [0.4, 0.5) is 18.0 Å². The summed E-state index contributed by atoms with van der Waals surface area (Å²) in [5, 5.41) is 8.89. The van der Waals surface area contributed by atoms with E-state index in [0.717, 1.165) is 17.5 Å². The van der Waals surface area contributed by atoms with Gasteiger partial charge in [-0.2, -0.15) is 22.6 Å². The molecule has 2 aromatic heterocycles. The molecular formula is C18H25F3N6O3S. The van der Waals surface area contributed by atoms with Gasteiger partial charge in [-0.3, -0.25) is 4.68 Å². The highest BCUT2D eigenvalue weighted by molar-refractivity contribution is 7.89. The summed E-state index contributed by atoms with van der Waals surface area (Å²) >= 11 is 0. The minimum atomic E-state index is -4.63. The summed E-state index contributed by atoms with van der Waals surface area (Å²) in [4.78, 5) is 14.5. The van der Waals surface area contributed by atoms with E-state index in [0.29, 0.717) is 19.2 Å². The number of hydrogen-bond donors (Lipinski definition) is 3. The molecule has 3 N–H and O–H groups in total. The zero-order valence-corrected chi connectivity index (χ0v) is 18.0. The number of nitrogens with one attached hydrogen (secondary N) is 3. The molecule has 1 saturated heterocycles. The molecule has 1 fully saturated rings. The molecule has 2 amide bonds. The minimum Gasteiger partial charge on any atom is -0.343 e. The molecule has 0 aromatic carbocycles. The highest BCUT2D eigenvalue weighted by atomic mass is 32.2. The van der Waals surface area contributed by atoms with E-state index in [1.54, 1.807) is 0 Å². The second kappa shape index (κ2) is 8.91. The number of H-pyrrole nitrogens is 1. The highest BCUT2D eigenvalue weighted by Crippen LogP contribution is 2.36. The molecule has 0 radical (unpaired) electrons. The summed E-state index contributed by atoms with van der Waals surface area (Å²) in [6.07, 6.45) is -1.70. The Kier molecular flexibility index (Phi) is 6.65. The monoisotopic (exact) mass is 462 g/mol. The zero-order chi connectivity index (χ0) is 22.8. The number of aromatic amines is 1. The number of aromatic nitrogens is 3. The van der Waals surface area contributed by atoms with Crippen LogP contribution in [0, 0.1) is 0 Å². The van der Waals surface area contributed by atoms with Crippen molar-refractivity contribution in [3.8, 4) is 11.4 Å². The van der Waals surface area contributed by atoms with Crippen molar-refractivity contribution < 1.29 is 26.4 Å². The maximum atomic E-state index is 13.2. The zero-order valence-electron chi connectivity index (χ0n) is 17.2. The number of hydrogen-bond acceptors (Lipinski definition) is 4. The number of urea groups is 1. The van der Waals surface area contributed by atoms with Gasteiger partial charge in [0.05, 0.1) is 17.6 Å². The van der Waals surface area contributed by atoms with Crippen LogP contribution in [0.3, 0.4) is 0 Å². The molecule has 3 rings (SSSR count). The molecule has 13 heteroatoms. The van der Waals surface area contributed by atoms with Crippen LogP contribution in [0.2, 0.25) is 0 Å². The van der Waals surface area contributed by atoms with E-state index >= 15 is 0 Å². The number of carbonyl (C=O) groups is 1. The smallest absolute Gasteiger partial charge is 0.343 e. The third-order valence-corrected chi connectivity index (χ3v) is 6.88. The largest absolute Gasteiger partial charge is 0.420 e. The summed E-state index contributed by atoms with van der Waals surface area (Å²) in [6.45, 7) is 2.81. The Morgan fingerprint density at radius 3 is 2.77 bits per heavy atom. The molecular weight excluding hydrogens is 437 g/mol. The normalized spacial score (nSPS) is 17.8. The van der Waals surface area contributed by atoms with Crippen molar-refractivity contribution in [3.05, 3.63) is 23.9 Å². The molecule has 1 atom stereocenters. The van der Waals surface area contributed by atoms with Gasteiger partial charge in [-0.25, -0.2) is 13.2 Å². The van der Waals surface area contributed by atoms with Gasteiger partial charge >= 0.3 is 12.2 Å². The van der Waals surface area contributed by atoms with Crippen molar-refractivity contribution in [3.63, 3.8) is 0 Å². The average Bonchev–Trinajstić information content (AvgIpc) is 3.40. The summed E-state index contributed by atoms with van der Waals surface area (Å²) in [5.41, 5.74) is -1.21. The quantitative estimate of drug-likeness (QED) is 0.548. The van der Waals surface area contributed by atoms with Crippen LogP contribution in [-0.4, -0.2) is 59.2 Å². The van der Waals surface area contributed by atoms with Gasteiger partial charge in [-0.05, 0) is 25.0 Å². The first-order chi connectivity index (χ1) is 14.5.